The highest BCUT2D eigenvalue weighted by molar-refractivity contribution is 6.35. The van der Waals surface area contributed by atoms with Crippen molar-refractivity contribution in [1.82, 2.24) is 15.1 Å². The van der Waals surface area contributed by atoms with Gasteiger partial charge >= 0.3 is 5.97 Å². The zero-order valence-corrected chi connectivity index (χ0v) is 19.4. The number of nitrogens with zero attached hydrogens (tertiary/aromatic N) is 1. The quantitative estimate of drug-likeness (QED) is 0.446. The Hall–Kier alpha value is -3.10. The largest absolute Gasteiger partial charge is 0.454 e. The second kappa shape index (κ2) is 11.2. The molecule has 1 atom stereocenters. The Kier molecular flexibility index (Phi) is 8.30. The number of hydrogen-bond acceptors (Lipinski definition) is 5. The molecule has 2 aromatic carbocycles. The van der Waals surface area contributed by atoms with Crippen molar-refractivity contribution in [1.29, 1.82) is 0 Å². The first-order chi connectivity index (χ1) is 15.8. The predicted molar refractivity (Wildman–Crippen MR) is 127 cm³/mol. The van der Waals surface area contributed by atoms with Gasteiger partial charge in [0, 0.05) is 22.5 Å². The number of aromatic nitrogens is 2. The Morgan fingerprint density at radius 3 is 2.55 bits per heavy atom. The summed E-state index contributed by atoms with van der Waals surface area (Å²) in [6.07, 6.45) is 1.67. The van der Waals surface area contributed by atoms with Crippen molar-refractivity contribution in [2.75, 3.05) is 13.2 Å². The number of H-pyrrole nitrogens is 1. The summed E-state index contributed by atoms with van der Waals surface area (Å²) in [7, 11) is 0. The van der Waals surface area contributed by atoms with Gasteiger partial charge in [-0.3, -0.25) is 24.3 Å². The number of carbonyl (C=O) groups is 2. The monoisotopic (exact) mass is 491 g/mol. The molecule has 0 unspecified atom stereocenters. The molecule has 0 spiro atoms. The van der Waals surface area contributed by atoms with Crippen LogP contribution in [-0.4, -0.2) is 34.8 Å². The van der Waals surface area contributed by atoms with Gasteiger partial charge in [0.05, 0.1) is 10.8 Å². The summed E-state index contributed by atoms with van der Waals surface area (Å²) in [6.45, 7) is 1.30. The van der Waals surface area contributed by atoms with E-state index in [9.17, 15) is 19.2 Å². The molecule has 0 bridgehead atoms. The number of fused-ring (bicyclic) bond motifs is 1. The van der Waals surface area contributed by atoms with Gasteiger partial charge in [0.2, 0.25) is 0 Å². The van der Waals surface area contributed by atoms with Gasteiger partial charge < -0.3 is 10.1 Å². The lowest BCUT2D eigenvalue weighted by Crippen LogP contribution is -2.35. The van der Waals surface area contributed by atoms with E-state index in [0.717, 1.165) is 23.1 Å². The number of halogens is 2. The fourth-order valence-electron chi connectivity index (χ4n) is 3.52. The number of ether oxygens (including phenoxy) is 1. The van der Waals surface area contributed by atoms with Crippen molar-refractivity contribution in [3.05, 3.63) is 78.8 Å². The minimum Gasteiger partial charge on any atom is -0.454 e. The van der Waals surface area contributed by atoms with E-state index in [0.29, 0.717) is 16.6 Å². The maximum atomic E-state index is 12.5. The summed E-state index contributed by atoms with van der Waals surface area (Å²) < 4.78 is 5.84. The minimum atomic E-state index is -0.830. The van der Waals surface area contributed by atoms with Gasteiger partial charge in [-0.15, -0.1) is 0 Å². The van der Waals surface area contributed by atoms with Crippen molar-refractivity contribution >= 4 is 45.9 Å². The molecule has 8 nitrogen and oxygen atoms in total. The highest BCUT2D eigenvalue weighted by Gasteiger charge is 2.17. The number of rotatable bonds is 9. The molecule has 1 heterocycles. The Labute approximate surface area is 199 Å². The second-order valence-electron chi connectivity index (χ2n) is 7.49. The van der Waals surface area contributed by atoms with Crippen molar-refractivity contribution < 1.29 is 14.3 Å². The Balaban J connectivity index is 1.56. The van der Waals surface area contributed by atoms with Crippen LogP contribution in [0.5, 0.6) is 0 Å². The van der Waals surface area contributed by atoms with Crippen molar-refractivity contribution in [3.63, 3.8) is 0 Å². The minimum absolute atomic E-state index is 0.0272. The van der Waals surface area contributed by atoms with E-state index in [1.807, 2.05) is 13.0 Å². The molecule has 0 fully saturated rings. The van der Waals surface area contributed by atoms with E-state index in [2.05, 4.69) is 10.4 Å². The van der Waals surface area contributed by atoms with Crippen molar-refractivity contribution in [3.8, 4) is 0 Å². The lowest BCUT2D eigenvalue weighted by Gasteiger charge is -2.19. The number of benzene rings is 2. The molecule has 3 rings (SSSR count). The summed E-state index contributed by atoms with van der Waals surface area (Å²) in [5.74, 6) is -1.35. The van der Waals surface area contributed by atoms with Gasteiger partial charge in [-0.25, -0.2) is 4.68 Å². The van der Waals surface area contributed by atoms with E-state index >= 15 is 0 Å². The number of nitrogens with one attached hydrogen (secondary N) is 2. The number of aromatic amines is 1. The van der Waals surface area contributed by atoms with Crippen LogP contribution < -0.4 is 16.4 Å². The smallest absolute Gasteiger partial charge is 0.328 e. The molecular formula is C23H23Cl2N3O5. The third-order valence-electron chi connectivity index (χ3n) is 5.12. The predicted octanol–water partition coefficient (Wildman–Crippen LogP) is 3.24. The average molecular weight is 492 g/mol. The van der Waals surface area contributed by atoms with E-state index in [1.165, 1.54) is 12.1 Å². The average Bonchev–Trinajstić information content (AvgIpc) is 2.79. The lowest BCUT2D eigenvalue weighted by atomic mass is 9.94. The summed E-state index contributed by atoms with van der Waals surface area (Å²) in [5, 5.41) is 6.56. The Morgan fingerprint density at radius 1 is 1.12 bits per heavy atom. The molecule has 3 aromatic rings. The summed E-state index contributed by atoms with van der Waals surface area (Å²) in [5.41, 5.74) is -0.160. The van der Waals surface area contributed by atoms with Gasteiger partial charge in [0.1, 0.15) is 6.54 Å². The van der Waals surface area contributed by atoms with Gasteiger partial charge in [-0.05, 0) is 36.2 Å². The molecule has 33 heavy (non-hydrogen) atoms. The summed E-state index contributed by atoms with van der Waals surface area (Å²) in [4.78, 5) is 48.9. The topological polar surface area (TPSA) is 110 Å². The SMILES string of the molecule is CCC[C@@H](CNC(=O)COC(=O)Cn1[nH]c(=O)c2ccccc2c1=O)c1ccc(Cl)cc1Cl. The molecule has 0 aliphatic heterocycles. The van der Waals surface area contributed by atoms with Crippen LogP contribution in [0.25, 0.3) is 10.8 Å². The van der Waals surface area contributed by atoms with Gasteiger partial charge in [-0.2, -0.15) is 0 Å². The van der Waals surface area contributed by atoms with Crippen molar-refractivity contribution in [2.24, 2.45) is 0 Å². The first-order valence-corrected chi connectivity index (χ1v) is 11.1. The molecule has 0 radical (unpaired) electrons. The Morgan fingerprint density at radius 2 is 1.85 bits per heavy atom. The molecule has 0 saturated heterocycles. The third kappa shape index (κ3) is 6.24. The fraction of sp³-hybridized carbons (Fsp3) is 0.304. The molecule has 1 amide bonds. The van der Waals surface area contributed by atoms with Crippen LogP contribution in [0.2, 0.25) is 10.0 Å². The fourth-order valence-corrected chi connectivity index (χ4v) is 4.08. The van der Waals surface area contributed by atoms with Crippen LogP contribution in [-0.2, 0) is 20.9 Å². The van der Waals surface area contributed by atoms with Gasteiger partial charge in [0.25, 0.3) is 17.0 Å². The third-order valence-corrected chi connectivity index (χ3v) is 5.68. The maximum absolute atomic E-state index is 12.5. The first-order valence-electron chi connectivity index (χ1n) is 10.4. The molecule has 1 aromatic heterocycles. The number of amides is 1. The standard InChI is InChI=1S/C23H23Cl2N3O5/c1-2-5-14(16-9-8-15(24)10-19(16)25)11-26-20(29)13-33-21(30)12-28-23(32)18-7-4-3-6-17(18)22(31)27-28/h3-4,6-10,14H,2,5,11-13H2,1H3,(H,26,29)(H,27,31)/t14-/m0/s1. The number of esters is 1. The molecule has 10 heteroatoms. The van der Waals surface area contributed by atoms with Crippen molar-refractivity contribution in [2.45, 2.75) is 32.2 Å². The molecule has 2 N–H and O–H groups in total. The van der Waals surface area contributed by atoms with Gasteiger partial charge in [-0.1, -0.05) is 54.7 Å². The van der Waals surface area contributed by atoms with Gasteiger partial charge in [0.15, 0.2) is 6.61 Å². The van der Waals surface area contributed by atoms with Crippen LogP contribution >= 0.6 is 23.2 Å². The normalized spacial score (nSPS) is 11.8. The molecule has 0 aliphatic carbocycles. The van der Waals surface area contributed by atoms with E-state index < -0.39 is 36.1 Å². The lowest BCUT2D eigenvalue weighted by molar-refractivity contribution is -0.149. The molecule has 0 aliphatic rings. The first kappa shape index (κ1) is 24.5. The highest BCUT2D eigenvalue weighted by Crippen LogP contribution is 2.30. The zero-order chi connectivity index (χ0) is 24.0. The van der Waals surface area contributed by atoms with Crippen LogP contribution in [0.1, 0.15) is 31.2 Å². The molecule has 174 valence electrons. The van der Waals surface area contributed by atoms with Crippen LogP contribution in [0, 0.1) is 0 Å². The second-order valence-corrected chi connectivity index (χ2v) is 8.34. The zero-order valence-electron chi connectivity index (χ0n) is 17.9. The highest BCUT2D eigenvalue weighted by atomic mass is 35.5. The molecule has 0 saturated carbocycles. The van der Waals surface area contributed by atoms with E-state index in [4.69, 9.17) is 27.9 Å². The van der Waals surface area contributed by atoms with Crippen LogP contribution in [0.15, 0.2) is 52.1 Å². The van der Waals surface area contributed by atoms with E-state index in [-0.39, 0.29) is 16.7 Å². The van der Waals surface area contributed by atoms with Crippen LogP contribution in [0.3, 0.4) is 0 Å². The maximum Gasteiger partial charge on any atom is 0.328 e. The molecular weight excluding hydrogens is 469 g/mol. The Bertz CT molecular complexity index is 1290. The number of carbonyl (C=O) groups excluding carboxylic acids is 2. The number of hydrogen-bond donors (Lipinski definition) is 2. The van der Waals surface area contributed by atoms with Crippen LogP contribution in [0.4, 0.5) is 0 Å². The summed E-state index contributed by atoms with van der Waals surface area (Å²) in [6, 6.07) is 11.5. The van der Waals surface area contributed by atoms with E-state index in [1.54, 1.807) is 24.3 Å². The summed E-state index contributed by atoms with van der Waals surface area (Å²) >= 11 is 12.3.